The van der Waals surface area contributed by atoms with E-state index in [0.29, 0.717) is 12.2 Å². The van der Waals surface area contributed by atoms with E-state index < -0.39 is 0 Å². The van der Waals surface area contributed by atoms with E-state index in [-0.39, 0.29) is 5.91 Å². The van der Waals surface area contributed by atoms with E-state index in [1.807, 2.05) is 20.8 Å². The van der Waals surface area contributed by atoms with Crippen molar-refractivity contribution in [3.63, 3.8) is 0 Å². The lowest BCUT2D eigenvalue weighted by molar-refractivity contribution is 0.0946. The summed E-state index contributed by atoms with van der Waals surface area (Å²) in [6.45, 7) is 6.11. The third-order valence-electron chi connectivity index (χ3n) is 3.02. The van der Waals surface area contributed by atoms with Crippen LogP contribution in [-0.2, 0) is 6.54 Å². The Hall–Kier alpha value is -1.95. The third-order valence-corrected chi connectivity index (χ3v) is 3.79. The van der Waals surface area contributed by atoms with Crippen LogP contribution in [0, 0.1) is 20.8 Å². The average molecular weight is 291 g/mol. The number of carbonyl (C=O) groups is 1. The number of nitrogens with one attached hydrogen (secondary N) is 1. The standard InChI is InChI=1S/C14H17N3O2S/c1-8-5-15-11(9(2)13(8)19-4)6-16-14(18)12-7-20-10(3)17-12/h5,7H,6H2,1-4H3,(H,16,18). The number of pyridine rings is 1. The molecule has 2 aromatic heterocycles. The predicted molar refractivity (Wildman–Crippen MR) is 78.3 cm³/mol. The number of thiazole rings is 1. The van der Waals surface area contributed by atoms with Gasteiger partial charge in [-0.2, -0.15) is 0 Å². The van der Waals surface area contributed by atoms with Gasteiger partial charge in [-0.05, 0) is 20.8 Å². The summed E-state index contributed by atoms with van der Waals surface area (Å²) in [6, 6.07) is 0. The fourth-order valence-electron chi connectivity index (χ4n) is 1.97. The van der Waals surface area contributed by atoms with Crippen LogP contribution in [0.2, 0.25) is 0 Å². The largest absolute Gasteiger partial charge is 0.496 e. The molecule has 0 spiro atoms. The van der Waals surface area contributed by atoms with Crippen molar-refractivity contribution in [1.29, 1.82) is 0 Å². The maximum Gasteiger partial charge on any atom is 0.271 e. The quantitative estimate of drug-likeness (QED) is 0.939. The molecule has 0 unspecified atom stereocenters. The summed E-state index contributed by atoms with van der Waals surface area (Å²) in [6.07, 6.45) is 1.75. The first-order valence-electron chi connectivity index (χ1n) is 6.22. The second-order valence-electron chi connectivity index (χ2n) is 4.48. The van der Waals surface area contributed by atoms with Crippen molar-refractivity contribution >= 4 is 17.2 Å². The third kappa shape index (κ3) is 2.96. The summed E-state index contributed by atoms with van der Waals surface area (Å²) < 4.78 is 5.35. The summed E-state index contributed by atoms with van der Waals surface area (Å²) in [5, 5.41) is 5.45. The van der Waals surface area contributed by atoms with Crippen LogP contribution in [0.3, 0.4) is 0 Å². The van der Waals surface area contributed by atoms with Gasteiger partial charge >= 0.3 is 0 Å². The van der Waals surface area contributed by atoms with Gasteiger partial charge in [-0.1, -0.05) is 0 Å². The molecule has 2 aromatic rings. The zero-order valence-electron chi connectivity index (χ0n) is 12.0. The molecule has 2 rings (SSSR count). The molecule has 0 atom stereocenters. The Morgan fingerprint density at radius 3 is 2.75 bits per heavy atom. The van der Waals surface area contributed by atoms with Crippen molar-refractivity contribution < 1.29 is 9.53 Å². The SMILES string of the molecule is COc1c(C)cnc(CNC(=O)c2csc(C)n2)c1C. The highest BCUT2D eigenvalue weighted by molar-refractivity contribution is 7.09. The summed E-state index contributed by atoms with van der Waals surface area (Å²) in [5.74, 6) is 0.629. The molecule has 1 amide bonds. The van der Waals surface area contributed by atoms with Crippen LogP contribution < -0.4 is 10.1 Å². The first-order chi connectivity index (χ1) is 9.52. The molecule has 0 aliphatic rings. The minimum Gasteiger partial charge on any atom is -0.496 e. The second kappa shape index (κ2) is 6.00. The number of aromatic nitrogens is 2. The Bertz CT molecular complexity index is 637. The highest BCUT2D eigenvalue weighted by Gasteiger charge is 2.12. The lowest BCUT2D eigenvalue weighted by Crippen LogP contribution is -2.24. The number of carbonyl (C=O) groups excluding carboxylic acids is 1. The van der Waals surface area contributed by atoms with Crippen LogP contribution in [0.5, 0.6) is 5.75 Å². The van der Waals surface area contributed by atoms with Crippen LogP contribution in [0.25, 0.3) is 0 Å². The predicted octanol–water partition coefficient (Wildman–Crippen LogP) is 2.40. The number of hydrogen-bond donors (Lipinski definition) is 1. The van der Waals surface area contributed by atoms with E-state index >= 15 is 0 Å². The van der Waals surface area contributed by atoms with Crippen molar-refractivity contribution in [2.24, 2.45) is 0 Å². The summed E-state index contributed by atoms with van der Waals surface area (Å²) in [7, 11) is 1.63. The smallest absolute Gasteiger partial charge is 0.271 e. The molecule has 106 valence electrons. The summed E-state index contributed by atoms with van der Waals surface area (Å²) in [4.78, 5) is 20.4. The van der Waals surface area contributed by atoms with Gasteiger partial charge in [0.2, 0.25) is 0 Å². The topological polar surface area (TPSA) is 64.1 Å². The van der Waals surface area contributed by atoms with Gasteiger partial charge in [0.25, 0.3) is 5.91 Å². The Balaban J connectivity index is 2.10. The molecule has 0 radical (unpaired) electrons. The van der Waals surface area contributed by atoms with Gasteiger partial charge in [-0.25, -0.2) is 4.98 Å². The molecule has 0 saturated carbocycles. The van der Waals surface area contributed by atoms with Gasteiger partial charge in [-0.3, -0.25) is 9.78 Å². The fraction of sp³-hybridized carbons (Fsp3) is 0.357. The van der Waals surface area contributed by atoms with Gasteiger partial charge < -0.3 is 10.1 Å². The number of methoxy groups -OCH3 is 1. The Morgan fingerprint density at radius 2 is 2.15 bits per heavy atom. The molecule has 2 heterocycles. The molecule has 0 fully saturated rings. The lowest BCUT2D eigenvalue weighted by atomic mass is 10.1. The van der Waals surface area contributed by atoms with Gasteiger partial charge in [0, 0.05) is 22.7 Å². The van der Waals surface area contributed by atoms with Crippen molar-refractivity contribution in [3.8, 4) is 5.75 Å². The first-order valence-corrected chi connectivity index (χ1v) is 7.10. The number of amides is 1. The molecule has 0 saturated heterocycles. The molecule has 0 aromatic carbocycles. The Morgan fingerprint density at radius 1 is 1.40 bits per heavy atom. The van der Waals surface area contributed by atoms with Crippen molar-refractivity contribution in [1.82, 2.24) is 15.3 Å². The summed E-state index contributed by atoms with van der Waals surface area (Å²) >= 11 is 1.46. The van der Waals surface area contributed by atoms with E-state index in [1.54, 1.807) is 18.7 Å². The number of nitrogens with zero attached hydrogens (tertiary/aromatic N) is 2. The maximum atomic E-state index is 11.9. The van der Waals surface area contributed by atoms with Gasteiger partial charge in [0.15, 0.2) is 0 Å². The monoisotopic (exact) mass is 291 g/mol. The van der Waals surface area contributed by atoms with E-state index in [9.17, 15) is 4.79 Å². The molecule has 1 N–H and O–H groups in total. The molecule has 0 aliphatic heterocycles. The van der Waals surface area contributed by atoms with Crippen molar-refractivity contribution in [3.05, 3.63) is 39.1 Å². The normalized spacial score (nSPS) is 10.4. The Labute approximate surface area is 122 Å². The molecule has 20 heavy (non-hydrogen) atoms. The van der Waals surface area contributed by atoms with Gasteiger partial charge in [0.1, 0.15) is 11.4 Å². The molecule has 0 bridgehead atoms. The fourth-order valence-corrected chi connectivity index (χ4v) is 2.56. The van der Waals surface area contributed by atoms with Crippen molar-refractivity contribution in [2.75, 3.05) is 7.11 Å². The number of hydrogen-bond acceptors (Lipinski definition) is 5. The molecule has 6 heteroatoms. The summed E-state index contributed by atoms with van der Waals surface area (Å²) in [5.41, 5.74) is 3.18. The minimum atomic E-state index is -0.185. The average Bonchev–Trinajstić information content (AvgIpc) is 2.85. The molecule has 5 nitrogen and oxygen atoms in total. The minimum absolute atomic E-state index is 0.185. The van der Waals surface area contributed by atoms with E-state index in [0.717, 1.165) is 27.6 Å². The first kappa shape index (κ1) is 14.5. The number of aryl methyl sites for hydroxylation is 2. The molecular formula is C14H17N3O2S. The van der Waals surface area contributed by atoms with E-state index in [4.69, 9.17) is 4.74 Å². The highest BCUT2D eigenvalue weighted by atomic mass is 32.1. The van der Waals surface area contributed by atoms with Gasteiger partial charge in [0.05, 0.1) is 24.4 Å². The maximum absolute atomic E-state index is 11.9. The van der Waals surface area contributed by atoms with Crippen LogP contribution in [0.1, 0.15) is 32.3 Å². The lowest BCUT2D eigenvalue weighted by Gasteiger charge is -2.12. The van der Waals surface area contributed by atoms with E-state index in [2.05, 4.69) is 15.3 Å². The van der Waals surface area contributed by atoms with Crippen LogP contribution >= 0.6 is 11.3 Å². The van der Waals surface area contributed by atoms with Crippen LogP contribution in [0.4, 0.5) is 0 Å². The highest BCUT2D eigenvalue weighted by Crippen LogP contribution is 2.23. The second-order valence-corrected chi connectivity index (χ2v) is 5.54. The number of rotatable bonds is 4. The zero-order chi connectivity index (χ0) is 14.7. The van der Waals surface area contributed by atoms with Crippen molar-refractivity contribution in [2.45, 2.75) is 27.3 Å². The number of ether oxygens (including phenoxy) is 1. The van der Waals surface area contributed by atoms with Crippen LogP contribution in [-0.4, -0.2) is 23.0 Å². The molecule has 0 aliphatic carbocycles. The van der Waals surface area contributed by atoms with E-state index in [1.165, 1.54) is 11.3 Å². The zero-order valence-corrected chi connectivity index (χ0v) is 12.8. The Kier molecular flexibility index (Phi) is 4.34. The van der Waals surface area contributed by atoms with Gasteiger partial charge in [-0.15, -0.1) is 11.3 Å². The molecular weight excluding hydrogens is 274 g/mol. The van der Waals surface area contributed by atoms with Crippen LogP contribution in [0.15, 0.2) is 11.6 Å².